The lowest BCUT2D eigenvalue weighted by molar-refractivity contribution is 0.0392. The minimum absolute atomic E-state index is 0.236. The van der Waals surface area contributed by atoms with Gasteiger partial charge in [-0.05, 0) is 47.7 Å². The number of ether oxygens (including phenoxy) is 2. The van der Waals surface area contributed by atoms with E-state index in [1.807, 2.05) is 45.0 Å². The van der Waals surface area contributed by atoms with Gasteiger partial charge >= 0.3 is 6.09 Å². The second kappa shape index (κ2) is 6.39. The smallest absolute Gasteiger partial charge is 0.405 e. The van der Waals surface area contributed by atoms with Gasteiger partial charge in [0.05, 0.1) is 6.61 Å². The van der Waals surface area contributed by atoms with Crippen LogP contribution in [0.1, 0.15) is 38.0 Å². The molecule has 25 heavy (non-hydrogen) atoms. The van der Waals surface area contributed by atoms with Crippen molar-refractivity contribution in [2.45, 2.75) is 33.3 Å². The third kappa shape index (κ3) is 3.31. The SMILES string of the molecule is CCOc1ccc(-c2ccc3c(c2)CC(C)(C)[C@H]3OC(N)=O)cc1F. The van der Waals surface area contributed by atoms with Gasteiger partial charge in [0.25, 0.3) is 0 Å². The van der Waals surface area contributed by atoms with Crippen LogP contribution in [0.25, 0.3) is 11.1 Å². The number of hydrogen-bond acceptors (Lipinski definition) is 3. The summed E-state index contributed by atoms with van der Waals surface area (Å²) in [5.74, 6) is -0.126. The van der Waals surface area contributed by atoms with Gasteiger partial charge in [-0.1, -0.05) is 38.1 Å². The van der Waals surface area contributed by atoms with Gasteiger partial charge in [-0.2, -0.15) is 0 Å². The van der Waals surface area contributed by atoms with Crippen LogP contribution in [0, 0.1) is 11.2 Å². The van der Waals surface area contributed by atoms with Crippen LogP contribution in [0.15, 0.2) is 36.4 Å². The Morgan fingerprint density at radius 1 is 1.24 bits per heavy atom. The molecule has 1 atom stereocenters. The van der Waals surface area contributed by atoms with Crippen LogP contribution in [-0.4, -0.2) is 12.7 Å². The zero-order chi connectivity index (χ0) is 18.2. The number of halogens is 1. The average Bonchev–Trinajstić information content (AvgIpc) is 2.78. The summed E-state index contributed by atoms with van der Waals surface area (Å²) in [5, 5.41) is 0. The second-order valence-electron chi connectivity index (χ2n) is 6.97. The van der Waals surface area contributed by atoms with Gasteiger partial charge in [-0.15, -0.1) is 0 Å². The monoisotopic (exact) mass is 343 g/mol. The molecule has 1 aliphatic carbocycles. The number of carbonyl (C=O) groups excluding carboxylic acids is 1. The van der Waals surface area contributed by atoms with Gasteiger partial charge in [0, 0.05) is 5.41 Å². The molecule has 0 saturated carbocycles. The van der Waals surface area contributed by atoms with E-state index < -0.39 is 6.09 Å². The molecule has 0 bridgehead atoms. The maximum absolute atomic E-state index is 14.1. The van der Waals surface area contributed by atoms with Crippen molar-refractivity contribution in [1.82, 2.24) is 0 Å². The Labute approximate surface area is 146 Å². The molecule has 132 valence electrons. The summed E-state index contributed by atoms with van der Waals surface area (Å²) in [6.07, 6.45) is -0.386. The highest BCUT2D eigenvalue weighted by Gasteiger charge is 2.41. The summed E-state index contributed by atoms with van der Waals surface area (Å²) in [4.78, 5) is 11.2. The number of amides is 1. The van der Waals surface area contributed by atoms with Crippen molar-refractivity contribution in [3.63, 3.8) is 0 Å². The molecule has 0 spiro atoms. The standard InChI is InChI=1S/C20H22FNO3/c1-4-24-17-8-6-13(10-16(17)21)12-5-7-15-14(9-12)11-20(2,3)18(15)25-19(22)23/h5-10,18H,4,11H2,1-3H3,(H2,22,23)/t18-/m0/s1. The lowest BCUT2D eigenvalue weighted by Gasteiger charge is -2.26. The number of hydrogen-bond donors (Lipinski definition) is 1. The summed E-state index contributed by atoms with van der Waals surface area (Å²) >= 11 is 0. The second-order valence-corrected chi connectivity index (χ2v) is 6.97. The van der Waals surface area contributed by atoms with Crippen molar-refractivity contribution in [3.8, 4) is 16.9 Å². The van der Waals surface area contributed by atoms with E-state index >= 15 is 0 Å². The lowest BCUT2D eigenvalue weighted by Crippen LogP contribution is -2.25. The number of primary amides is 1. The third-order valence-corrected chi connectivity index (χ3v) is 4.58. The maximum atomic E-state index is 14.1. The third-order valence-electron chi connectivity index (χ3n) is 4.58. The molecule has 1 amide bonds. The Bertz CT molecular complexity index is 817. The van der Waals surface area contributed by atoms with Crippen LogP contribution in [0.5, 0.6) is 5.75 Å². The molecule has 1 aliphatic rings. The minimum Gasteiger partial charge on any atom is -0.491 e. The average molecular weight is 343 g/mol. The first-order chi connectivity index (χ1) is 11.8. The number of nitrogens with two attached hydrogens (primary N) is 1. The quantitative estimate of drug-likeness (QED) is 0.882. The van der Waals surface area contributed by atoms with Gasteiger partial charge in [0.2, 0.25) is 0 Å². The lowest BCUT2D eigenvalue weighted by atomic mass is 9.87. The summed E-state index contributed by atoms with van der Waals surface area (Å²) in [6, 6.07) is 10.8. The van der Waals surface area contributed by atoms with Gasteiger partial charge in [-0.3, -0.25) is 0 Å². The molecule has 0 aliphatic heterocycles. The van der Waals surface area contributed by atoms with Crippen LogP contribution in [0.3, 0.4) is 0 Å². The van der Waals surface area contributed by atoms with Crippen LogP contribution in [0.4, 0.5) is 9.18 Å². The van der Waals surface area contributed by atoms with Crippen molar-refractivity contribution in [2.24, 2.45) is 11.1 Å². The molecule has 0 aromatic heterocycles. The first kappa shape index (κ1) is 17.3. The predicted molar refractivity (Wildman–Crippen MR) is 93.9 cm³/mol. The van der Waals surface area contributed by atoms with E-state index in [1.165, 1.54) is 6.07 Å². The molecule has 0 radical (unpaired) electrons. The first-order valence-electron chi connectivity index (χ1n) is 8.33. The van der Waals surface area contributed by atoms with Crippen molar-refractivity contribution >= 4 is 6.09 Å². The fraction of sp³-hybridized carbons (Fsp3) is 0.350. The van der Waals surface area contributed by atoms with Crippen molar-refractivity contribution in [2.75, 3.05) is 6.61 Å². The highest BCUT2D eigenvalue weighted by atomic mass is 19.1. The Morgan fingerprint density at radius 3 is 2.56 bits per heavy atom. The fourth-order valence-electron chi connectivity index (χ4n) is 3.49. The highest BCUT2D eigenvalue weighted by Crippen LogP contribution is 2.48. The van der Waals surface area contributed by atoms with Crippen molar-refractivity contribution in [1.29, 1.82) is 0 Å². The fourth-order valence-corrected chi connectivity index (χ4v) is 3.49. The van der Waals surface area contributed by atoms with Crippen LogP contribution >= 0.6 is 0 Å². The Morgan fingerprint density at radius 2 is 1.92 bits per heavy atom. The van der Waals surface area contributed by atoms with Crippen LogP contribution in [-0.2, 0) is 11.2 Å². The van der Waals surface area contributed by atoms with Crippen molar-refractivity contribution < 1.29 is 18.7 Å². The number of rotatable bonds is 4. The van der Waals surface area contributed by atoms with Crippen LogP contribution < -0.4 is 10.5 Å². The predicted octanol–water partition coefficient (Wildman–Crippen LogP) is 4.61. The van der Waals surface area contributed by atoms with E-state index in [9.17, 15) is 9.18 Å². The Hall–Kier alpha value is -2.56. The molecule has 2 N–H and O–H groups in total. The van der Waals surface area contributed by atoms with E-state index in [2.05, 4.69) is 0 Å². The number of benzene rings is 2. The van der Waals surface area contributed by atoms with E-state index in [0.717, 1.165) is 28.7 Å². The molecular formula is C20H22FNO3. The molecule has 0 unspecified atom stereocenters. The Balaban J connectivity index is 1.95. The molecule has 2 aromatic rings. The molecule has 2 aromatic carbocycles. The topological polar surface area (TPSA) is 61.6 Å². The minimum atomic E-state index is -0.774. The maximum Gasteiger partial charge on any atom is 0.405 e. The molecule has 0 heterocycles. The van der Waals surface area contributed by atoms with E-state index in [-0.39, 0.29) is 23.1 Å². The number of fused-ring (bicyclic) bond motifs is 1. The van der Waals surface area contributed by atoms with E-state index in [4.69, 9.17) is 15.2 Å². The summed E-state index contributed by atoms with van der Waals surface area (Å²) in [6.45, 7) is 6.32. The van der Waals surface area contributed by atoms with Gasteiger partial charge in [-0.25, -0.2) is 9.18 Å². The summed E-state index contributed by atoms with van der Waals surface area (Å²) in [7, 11) is 0. The number of carbonyl (C=O) groups is 1. The van der Waals surface area contributed by atoms with Gasteiger partial charge < -0.3 is 15.2 Å². The van der Waals surface area contributed by atoms with E-state index in [0.29, 0.717) is 6.61 Å². The molecule has 0 saturated heterocycles. The zero-order valence-corrected chi connectivity index (χ0v) is 14.6. The zero-order valence-electron chi connectivity index (χ0n) is 14.6. The van der Waals surface area contributed by atoms with Crippen molar-refractivity contribution in [3.05, 3.63) is 53.3 Å². The van der Waals surface area contributed by atoms with Gasteiger partial charge in [0.15, 0.2) is 11.6 Å². The summed E-state index contributed by atoms with van der Waals surface area (Å²) in [5.41, 5.74) is 8.71. The molecule has 4 nitrogen and oxygen atoms in total. The largest absolute Gasteiger partial charge is 0.491 e. The van der Waals surface area contributed by atoms with Gasteiger partial charge in [0.1, 0.15) is 6.10 Å². The van der Waals surface area contributed by atoms with E-state index in [1.54, 1.807) is 6.07 Å². The molecule has 3 rings (SSSR count). The molecule has 0 fully saturated rings. The van der Waals surface area contributed by atoms with Crippen LogP contribution in [0.2, 0.25) is 0 Å². The summed E-state index contributed by atoms with van der Waals surface area (Å²) < 4.78 is 24.7. The normalized spacial score (nSPS) is 17.8. The Kier molecular flexibility index (Phi) is 4.41. The first-order valence-corrected chi connectivity index (χ1v) is 8.33. The molecular weight excluding hydrogens is 321 g/mol. The highest BCUT2D eigenvalue weighted by molar-refractivity contribution is 5.68. The molecule has 5 heteroatoms.